The van der Waals surface area contributed by atoms with E-state index in [2.05, 4.69) is 0 Å². The van der Waals surface area contributed by atoms with Gasteiger partial charge in [0, 0.05) is 5.56 Å². The molecule has 0 saturated heterocycles. The largest absolute Gasteiger partial charge is 0.507 e. The van der Waals surface area contributed by atoms with Gasteiger partial charge < -0.3 is 24.5 Å². The zero-order valence-electron chi connectivity index (χ0n) is 18.9. The van der Waals surface area contributed by atoms with Gasteiger partial charge in [0.15, 0.2) is 11.3 Å². The standard InChI is InChI=1S/C26H28O6/c1-14(2)10-12-17-21(28)20-22(29)18(13-11-15(3)4)25(31-5)23(30)26(20)32-24(17)16-8-6-7-9-19(16)27/h6-11,13,15,27,29-30H,12H2,1-5H3. The molecule has 3 N–H and O–H groups in total. The molecule has 0 fully saturated rings. The minimum absolute atomic E-state index is 0.00432. The van der Waals surface area contributed by atoms with Gasteiger partial charge in [0.1, 0.15) is 22.6 Å². The van der Waals surface area contributed by atoms with E-state index >= 15 is 0 Å². The highest BCUT2D eigenvalue weighted by molar-refractivity contribution is 5.97. The number of phenols is 3. The summed E-state index contributed by atoms with van der Waals surface area (Å²) in [7, 11) is 1.36. The van der Waals surface area contributed by atoms with Gasteiger partial charge in [-0.15, -0.1) is 0 Å². The van der Waals surface area contributed by atoms with E-state index in [1.165, 1.54) is 13.2 Å². The number of benzene rings is 2. The molecule has 32 heavy (non-hydrogen) atoms. The summed E-state index contributed by atoms with van der Waals surface area (Å²) in [4.78, 5) is 13.6. The van der Waals surface area contributed by atoms with Gasteiger partial charge in [0.2, 0.25) is 11.2 Å². The van der Waals surface area contributed by atoms with Crippen LogP contribution in [0.2, 0.25) is 0 Å². The average molecular weight is 437 g/mol. The highest BCUT2D eigenvalue weighted by Crippen LogP contribution is 2.46. The van der Waals surface area contributed by atoms with Crippen LogP contribution in [-0.2, 0) is 6.42 Å². The normalized spacial score (nSPS) is 11.4. The van der Waals surface area contributed by atoms with Crippen molar-refractivity contribution in [1.82, 2.24) is 0 Å². The van der Waals surface area contributed by atoms with Crippen LogP contribution in [-0.4, -0.2) is 22.4 Å². The molecular weight excluding hydrogens is 408 g/mol. The van der Waals surface area contributed by atoms with Crippen LogP contribution in [0.25, 0.3) is 28.4 Å². The molecule has 0 spiro atoms. The summed E-state index contributed by atoms with van der Waals surface area (Å²) in [6.45, 7) is 7.74. The molecule has 0 aliphatic rings. The minimum atomic E-state index is -0.489. The smallest absolute Gasteiger partial charge is 0.203 e. The molecule has 0 amide bonds. The predicted octanol–water partition coefficient (Wildman–Crippen LogP) is 5.76. The first-order valence-electron chi connectivity index (χ1n) is 10.4. The fourth-order valence-electron chi connectivity index (χ4n) is 3.45. The van der Waals surface area contributed by atoms with Crippen LogP contribution in [0.1, 0.15) is 38.8 Å². The highest BCUT2D eigenvalue weighted by atomic mass is 16.5. The van der Waals surface area contributed by atoms with Crippen molar-refractivity contribution in [2.45, 2.75) is 34.1 Å². The molecule has 0 atom stereocenters. The zero-order chi connectivity index (χ0) is 23.6. The molecule has 6 nitrogen and oxygen atoms in total. The number of ether oxygens (including phenoxy) is 1. The van der Waals surface area contributed by atoms with E-state index in [4.69, 9.17) is 9.15 Å². The summed E-state index contributed by atoms with van der Waals surface area (Å²) < 4.78 is 11.3. The first kappa shape index (κ1) is 23.0. The first-order valence-corrected chi connectivity index (χ1v) is 10.4. The Kier molecular flexibility index (Phi) is 6.63. The van der Waals surface area contributed by atoms with Crippen LogP contribution >= 0.6 is 0 Å². The molecule has 3 aromatic rings. The Morgan fingerprint density at radius 2 is 1.81 bits per heavy atom. The van der Waals surface area contributed by atoms with Gasteiger partial charge in [-0.2, -0.15) is 0 Å². The molecular formula is C26H28O6. The number of para-hydroxylation sites is 1. The second kappa shape index (κ2) is 9.22. The fourth-order valence-corrected chi connectivity index (χ4v) is 3.45. The third-order valence-electron chi connectivity index (χ3n) is 5.09. The number of methoxy groups -OCH3 is 1. The molecule has 168 valence electrons. The number of rotatable bonds is 6. The van der Waals surface area contributed by atoms with Crippen LogP contribution in [0, 0.1) is 5.92 Å². The van der Waals surface area contributed by atoms with Crippen molar-refractivity contribution in [3.05, 3.63) is 63.3 Å². The third kappa shape index (κ3) is 4.21. The van der Waals surface area contributed by atoms with Crippen molar-refractivity contribution < 1.29 is 24.5 Å². The number of phenolic OH excluding ortho intramolecular Hbond substituents is 3. The Bertz CT molecular complexity index is 1270. The summed E-state index contributed by atoms with van der Waals surface area (Å²) in [6, 6.07) is 6.48. The lowest BCUT2D eigenvalue weighted by Crippen LogP contribution is -2.12. The molecule has 0 unspecified atom stereocenters. The Morgan fingerprint density at radius 3 is 2.41 bits per heavy atom. The Hall–Kier alpha value is -3.67. The molecule has 0 bridgehead atoms. The van der Waals surface area contributed by atoms with Gasteiger partial charge in [-0.3, -0.25) is 4.79 Å². The maximum Gasteiger partial charge on any atom is 0.203 e. The van der Waals surface area contributed by atoms with E-state index in [0.717, 1.165) is 5.57 Å². The van der Waals surface area contributed by atoms with Crippen LogP contribution in [0.5, 0.6) is 23.0 Å². The maximum absolute atomic E-state index is 13.6. The molecule has 6 heteroatoms. The molecule has 0 aliphatic heterocycles. The number of allylic oxidation sites excluding steroid dienone is 3. The lowest BCUT2D eigenvalue weighted by Gasteiger charge is -2.16. The topological polar surface area (TPSA) is 100 Å². The molecule has 1 heterocycles. The summed E-state index contributed by atoms with van der Waals surface area (Å²) in [6.07, 6.45) is 5.53. The van der Waals surface area contributed by atoms with Crippen molar-refractivity contribution in [2.75, 3.05) is 7.11 Å². The lowest BCUT2D eigenvalue weighted by molar-refractivity contribution is 0.366. The second-order valence-corrected chi connectivity index (χ2v) is 8.19. The Morgan fingerprint density at radius 1 is 1.12 bits per heavy atom. The van der Waals surface area contributed by atoms with E-state index in [1.807, 2.05) is 39.8 Å². The fraction of sp³-hybridized carbons (Fsp3) is 0.269. The quantitative estimate of drug-likeness (QED) is 0.335. The summed E-state index contributed by atoms with van der Waals surface area (Å²) >= 11 is 0. The lowest BCUT2D eigenvalue weighted by atomic mass is 9.98. The Balaban J connectivity index is 2.49. The van der Waals surface area contributed by atoms with Crippen LogP contribution in [0.3, 0.4) is 0 Å². The maximum atomic E-state index is 13.6. The second-order valence-electron chi connectivity index (χ2n) is 8.19. The number of hydrogen-bond acceptors (Lipinski definition) is 6. The van der Waals surface area contributed by atoms with Gasteiger partial charge in [0.05, 0.1) is 18.2 Å². The van der Waals surface area contributed by atoms with Crippen molar-refractivity contribution in [2.24, 2.45) is 5.92 Å². The Labute approximate surface area is 186 Å². The minimum Gasteiger partial charge on any atom is -0.507 e. The van der Waals surface area contributed by atoms with Crippen molar-refractivity contribution in [1.29, 1.82) is 0 Å². The van der Waals surface area contributed by atoms with Gasteiger partial charge in [0.25, 0.3) is 0 Å². The summed E-state index contributed by atoms with van der Waals surface area (Å²) in [5.74, 6) is -0.505. The highest BCUT2D eigenvalue weighted by Gasteiger charge is 2.26. The number of aromatic hydroxyl groups is 3. The van der Waals surface area contributed by atoms with Gasteiger partial charge in [-0.05, 0) is 38.3 Å². The SMILES string of the molecule is COc1c(C=CC(C)C)c(O)c2c(=O)c(CC=C(C)C)c(-c3ccccc3O)oc2c1O. The van der Waals surface area contributed by atoms with E-state index in [-0.39, 0.29) is 57.4 Å². The molecule has 2 aromatic carbocycles. The van der Waals surface area contributed by atoms with E-state index in [9.17, 15) is 20.1 Å². The molecule has 3 rings (SSSR count). The molecule has 0 radical (unpaired) electrons. The summed E-state index contributed by atoms with van der Waals surface area (Å²) in [5.41, 5.74) is 1.07. The third-order valence-corrected chi connectivity index (χ3v) is 5.09. The predicted molar refractivity (Wildman–Crippen MR) is 126 cm³/mol. The number of fused-ring (bicyclic) bond motifs is 1. The van der Waals surface area contributed by atoms with Crippen LogP contribution in [0.15, 0.2) is 51.2 Å². The average Bonchev–Trinajstić information content (AvgIpc) is 2.74. The monoisotopic (exact) mass is 436 g/mol. The van der Waals surface area contributed by atoms with E-state index < -0.39 is 11.2 Å². The van der Waals surface area contributed by atoms with Gasteiger partial charge >= 0.3 is 0 Å². The van der Waals surface area contributed by atoms with Crippen LogP contribution < -0.4 is 10.2 Å². The van der Waals surface area contributed by atoms with E-state index in [1.54, 1.807) is 24.3 Å². The number of hydrogen-bond donors (Lipinski definition) is 3. The zero-order valence-corrected chi connectivity index (χ0v) is 18.9. The first-order chi connectivity index (χ1) is 15.2. The molecule has 0 aliphatic carbocycles. The molecule has 1 aromatic heterocycles. The van der Waals surface area contributed by atoms with E-state index in [0.29, 0.717) is 5.56 Å². The van der Waals surface area contributed by atoms with Gasteiger partial charge in [-0.25, -0.2) is 0 Å². The van der Waals surface area contributed by atoms with Gasteiger partial charge in [-0.1, -0.05) is 49.8 Å². The molecule has 0 saturated carbocycles. The van der Waals surface area contributed by atoms with Crippen molar-refractivity contribution in [3.8, 4) is 34.3 Å². The van der Waals surface area contributed by atoms with Crippen molar-refractivity contribution in [3.63, 3.8) is 0 Å². The van der Waals surface area contributed by atoms with Crippen LogP contribution in [0.4, 0.5) is 0 Å². The van der Waals surface area contributed by atoms with Crippen molar-refractivity contribution >= 4 is 17.0 Å². The summed E-state index contributed by atoms with van der Waals surface area (Å²) in [5, 5.41) is 32.2.